The number of rotatable bonds is 3. The Kier molecular flexibility index (Phi) is 7.16. The lowest BCUT2D eigenvalue weighted by Crippen LogP contribution is -2.59. The highest BCUT2D eigenvalue weighted by atomic mass is 35.5. The number of alkyl halides is 1. The van der Waals surface area contributed by atoms with Crippen molar-refractivity contribution in [2.24, 2.45) is 5.92 Å². The molecule has 2 rings (SSSR count). The third-order valence-electron chi connectivity index (χ3n) is 4.57. The fourth-order valence-electron chi connectivity index (χ4n) is 3.67. The van der Waals surface area contributed by atoms with E-state index in [1.54, 1.807) is 4.90 Å². The number of piperidine rings is 1. The van der Waals surface area contributed by atoms with Gasteiger partial charge in [-0.2, -0.15) is 0 Å². The van der Waals surface area contributed by atoms with Gasteiger partial charge >= 0.3 is 12.1 Å². The van der Waals surface area contributed by atoms with E-state index in [1.165, 1.54) is 0 Å². The zero-order valence-electron chi connectivity index (χ0n) is 16.4. The number of halogens is 1. The topological polar surface area (TPSA) is 68.3 Å². The third-order valence-corrected chi connectivity index (χ3v) is 4.68. The van der Waals surface area contributed by atoms with Crippen LogP contribution in [-0.2, 0) is 19.0 Å². The molecule has 2 aliphatic rings. The van der Waals surface area contributed by atoms with E-state index in [4.69, 9.17) is 25.8 Å². The minimum absolute atomic E-state index is 0.0537. The summed E-state index contributed by atoms with van der Waals surface area (Å²) in [6, 6.07) is -0.129. The second-order valence-electron chi connectivity index (χ2n) is 8.26. The van der Waals surface area contributed by atoms with Gasteiger partial charge in [0.15, 0.2) is 6.07 Å². The number of carbonyl (C=O) groups excluding carboxylic acids is 2. The first-order chi connectivity index (χ1) is 12.1. The van der Waals surface area contributed by atoms with Crippen LogP contribution in [0.25, 0.3) is 0 Å². The number of hydrogen-bond acceptors (Lipinski definition) is 6. The lowest BCUT2D eigenvalue weighted by molar-refractivity contribution is -0.150. The van der Waals surface area contributed by atoms with Gasteiger partial charge in [0.25, 0.3) is 0 Å². The highest BCUT2D eigenvalue weighted by molar-refractivity contribution is 6.17. The van der Waals surface area contributed by atoms with E-state index in [-0.39, 0.29) is 36.8 Å². The zero-order valence-corrected chi connectivity index (χ0v) is 17.1. The highest BCUT2D eigenvalue weighted by Crippen LogP contribution is 2.26. The Bertz CT molecular complexity index is 500. The summed E-state index contributed by atoms with van der Waals surface area (Å²) >= 11 is 5.55. The van der Waals surface area contributed by atoms with Gasteiger partial charge in [0.2, 0.25) is 0 Å². The molecule has 0 radical (unpaired) electrons. The van der Waals surface area contributed by atoms with E-state index in [2.05, 4.69) is 4.90 Å². The van der Waals surface area contributed by atoms with Crippen LogP contribution in [0.1, 0.15) is 41.0 Å². The predicted molar refractivity (Wildman–Crippen MR) is 98.1 cm³/mol. The molecule has 0 bridgehead atoms. The molecule has 2 unspecified atom stereocenters. The summed E-state index contributed by atoms with van der Waals surface area (Å²) in [5.41, 5.74) is -0.585. The van der Waals surface area contributed by atoms with Gasteiger partial charge in [0.05, 0.1) is 18.1 Å². The molecule has 0 aromatic heterocycles. The third kappa shape index (κ3) is 5.99. The molecule has 8 heteroatoms. The van der Waals surface area contributed by atoms with Gasteiger partial charge in [-0.3, -0.25) is 9.69 Å². The summed E-state index contributed by atoms with van der Waals surface area (Å²) in [5, 5.41) is 0. The first-order valence-electron chi connectivity index (χ1n) is 9.19. The standard InChI is InChI=1S/C18H31ClN2O5/c1-12-7-20(8-13(2)25-12)15-6-14(16(22)24-11-19)9-21(10-15)17(23)26-18(3,4)5/h12-15H,6-11H2,1-5H3/t12-,13+,14?,15?. The molecule has 0 N–H and O–H groups in total. The minimum Gasteiger partial charge on any atom is -0.449 e. The van der Waals surface area contributed by atoms with Crippen molar-refractivity contribution >= 4 is 23.7 Å². The first kappa shape index (κ1) is 21.3. The number of nitrogens with zero attached hydrogens (tertiary/aromatic N) is 2. The Hall–Kier alpha value is -1.05. The smallest absolute Gasteiger partial charge is 0.410 e. The second kappa shape index (κ2) is 8.76. The molecule has 0 aromatic rings. The molecule has 0 spiro atoms. The number of amides is 1. The molecule has 2 aliphatic heterocycles. The Morgan fingerprint density at radius 3 is 2.27 bits per heavy atom. The van der Waals surface area contributed by atoms with E-state index in [1.807, 2.05) is 34.6 Å². The molecule has 7 nitrogen and oxygen atoms in total. The summed E-state index contributed by atoms with van der Waals surface area (Å²) in [4.78, 5) is 28.8. The van der Waals surface area contributed by atoms with Crippen LogP contribution in [0, 0.1) is 5.92 Å². The summed E-state index contributed by atoms with van der Waals surface area (Å²) in [7, 11) is 0. The SMILES string of the molecule is C[C@@H]1CN(C2CC(C(=O)OCCl)CN(C(=O)OC(C)(C)C)C2)C[C@H](C)O1. The fraction of sp³-hybridized carbons (Fsp3) is 0.889. The van der Waals surface area contributed by atoms with Crippen molar-refractivity contribution in [3.63, 3.8) is 0 Å². The van der Waals surface area contributed by atoms with Crippen LogP contribution in [0.15, 0.2) is 0 Å². The molecule has 4 atom stereocenters. The van der Waals surface area contributed by atoms with Crippen molar-refractivity contribution in [2.75, 3.05) is 32.2 Å². The van der Waals surface area contributed by atoms with Crippen LogP contribution in [0.2, 0.25) is 0 Å². The zero-order chi connectivity index (χ0) is 19.5. The Morgan fingerprint density at radius 2 is 1.73 bits per heavy atom. The maximum atomic E-state index is 12.6. The Balaban J connectivity index is 2.13. The van der Waals surface area contributed by atoms with Crippen molar-refractivity contribution in [3.05, 3.63) is 0 Å². The van der Waals surface area contributed by atoms with Crippen LogP contribution in [0.5, 0.6) is 0 Å². The quantitative estimate of drug-likeness (QED) is 0.544. The molecule has 0 saturated carbocycles. The van der Waals surface area contributed by atoms with E-state index in [0.29, 0.717) is 13.0 Å². The van der Waals surface area contributed by atoms with Crippen LogP contribution < -0.4 is 0 Å². The maximum Gasteiger partial charge on any atom is 0.410 e. The van der Waals surface area contributed by atoms with Crippen molar-refractivity contribution in [3.8, 4) is 0 Å². The number of carbonyl (C=O) groups is 2. The summed E-state index contributed by atoms with van der Waals surface area (Å²) in [5.74, 6) is -0.777. The van der Waals surface area contributed by atoms with Gasteiger partial charge < -0.3 is 19.1 Å². The minimum atomic E-state index is -0.585. The molecule has 1 amide bonds. The lowest BCUT2D eigenvalue weighted by Gasteiger charge is -2.45. The normalized spacial score (nSPS) is 30.8. The van der Waals surface area contributed by atoms with E-state index < -0.39 is 17.6 Å². The number of morpholine rings is 1. The number of esters is 1. The van der Waals surface area contributed by atoms with Crippen molar-refractivity contribution < 1.29 is 23.8 Å². The van der Waals surface area contributed by atoms with E-state index in [0.717, 1.165) is 13.1 Å². The second-order valence-corrected chi connectivity index (χ2v) is 8.47. The average Bonchev–Trinajstić information content (AvgIpc) is 2.52. The van der Waals surface area contributed by atoms with Crippen molar-refractivity contribution in [2.45, 2.75) is 64.9 Å². The maximum absolute atomic E-state index is 12.6. The number of hydrogen-bond donors (Lipinski definition) is 0. The van der Waals surface area contributed by atoms with Gasteiger partial charge in [-0.05, 0) is 41.0 Å². The molecule has 0 aromatic carbocycles. The van der Waals surface area contributed by atoms with Gasteiger partial charge in [0.1, 0.15) is 5.60 Å². The monoisotopic (exact) mass is 390 g/mol. The van der Waals surface area contributed by atoms with E-state index in [9.17, 15) is 9.59 Å². The molecular formula is C18H31ClN2O5. The van der Waals surface area contributed by atoms with E-state index >= 15 is 0 Å². The molecule has 26 heavy (non-hydrogen) atoms. The largest absolute Gasteiger partial charge is 0.449 e. The fourth-order valence-corrected chi connectivity index (χ4v) is 3.78. The summed E-state index contributed by atoms with van der Waals surface area (Å²) in [6.45, 7) is 11.9. The first-order valence-corrected chi connectivity index (χ1v) is 9.72. The Morgan fingerprint density at radius 1 is 1.12 bits per heavy atom. The molecule has 2 heterocycles. The average molecular weight is 391 g/mol. The van der Waals surface area contributed by atoms with Crippen LogP contribution in [0.3, 0.4) is 0 Å². The van der Waals surface area contributed by atoms with Crippen LogP contribution in [0.4, 0.5) is 4.79 Å². The Labute approximate surface area is 160 Å². The van der Waals surface area contributed by atoms with Gasteiger partial charge in [-0.15, -0.1) is 0 Å². The molecule has 2 fully saturated rings. The van der Waals surface area contributed by atoms with Crippen molar-refractivity contribution in [1.29, 1.82) is 0 Å². The summed E-state index contributed by atoms with van der Waals surface area (Å²) < 4.78 is 16.3. The molecular weight excluding hydrogens is 360 g/mol. The van der Waals surface area contributed by atoms with Gasteiger partial charge in [0, 0.05) is 32.2 Å². The lowest BCUT2D eigenvalue weighted by atomic mass is 9.92. The summed E-state index contributed by atoms with van der Waals surface area (Å²) in [6.07, 6.45) is 0.460. The van der Waals surface area contributed by atoms with Gasteiger partial charge in [-0.25, -0.2) is 4.79 Å². The van der Waals surface area contributed by atoms with Gasteiger partial charge in [-0.1, -0.05) is 11.6 Å². The number of likely N-dealkylation sites (tertiary alicyclic amines) is 1. The van der Waals surface area contributed by atoms with Crippen molar-refractivity contribution in [1.82, 2.24) is 9.80 Å². The highest BCUT2D eigenvalue weighted by Gasteiger charge is 2.40. The molecule has 150 valence electrons. The predicted octanol–water partition coefficient (Wildman–Crippen LogP) is 2.46. The molecule has 0 aliphatic carbocycles. The van der Waals surface area contributed by atoms with Crippen LogP contribution >= 0.6 is 11.6 Å². The van der Waals surface area contributed by atoms with Crippen LogP contribution in [-0.4, -0.2) is 78.0 Å². The molecule has 2 saturated heterocycles. The number of ether oxygens (including phenoxy) is 3.